The van der Waals surface area contributed by atoms with Crippen molar-refractivity contribution >= 4 is 28.9 Å². The number of carbonyl (C=O) groups is 2. The molecule has 0 saturated carbocycles. The number of fused-ring (bicyclic) bond motifs is 1. The molecular weight excluding hydrogens is 436 g/mol. The predicted molar refractivity (Wildman–Crippen MR) is 132 cm³/mol. The van der Waals surface area contributed by atoms with Crippen LogP contribution in [0.2, 0.25) is 0 Å². The molecule has 2 saturated heterocycles. The van der Waals surface area contributed by atoms with Gasteiger partial charge in [-0.25, -0.2) is 4.98 Å². The van der Waals surface area contributed by atoms with E-state index in [4.69, 9.17) is 5.41 Å². The van der Waals surface area contributed by atoms with Gasteiger partial charge in [-0.1, -0.05) is 13.3 Å². The van der Waals surface area contributed by atoms with E-state index in [2.05, 4.69) is 25.4 Å². The summed E-state index contributed by atoms with van der Waals surface area (Å²) in [5.74, 6) is -0.485. The van der Waals surface area contributed by atoms with Gasteiger partial charge in [0.1, 0.15) is 6.04 Å². The van der Waals surface area contributed by atoms with E-state index in [0.717, 1.165) is 26.2 Å². The number of nitrogens with one attached hydrogen (secondary N) is 3. The fraction of sp³-hybridized carbons (Fsp3) is 0.652. The maximum atomic E-state index is 12.8. The summed E-state index contributed by atoms with van der Waals surface area (Å²) < 4.78 is 1.27. The van der Waals surface area contributed by atoms with Crippen LogP contribution in [0, 0.1) is 5.41 Å². The number of hydrogen-bond acceptors (Lipinski definition) is 8. The van der Waals surface area contributed by atoms with Crippen molar-refractivity contribution in [3.05, 3.63) is 28.2 Å². The summed E-state index contributed by atoms with van der Waals surface area (Å²) in [5, 5.41) is 22.5. The number of rotatable bonds is 11. The number of ketones is 1. The second kappa shape index (κ2) is 12.0. The van der Waals surface area contributed by atoms with E-state index in [1.165, 1.54) is 43.1 Å². The van der Waals surface area contributed by atoms with Gasteiger partial charge in [-0.3, -0.25) is 28.8 Å². The van der Waals surface area contributed by atoms with Crippen LogP contribution in [0.3, 0.4) is 0 Å². The van der Waals surface area contributed by atoms with Gasteiger partial charge in [-0.05, 0) is 32.7 Å². The molecule has 3 heterocycles. The maximum absolute atomic E-state index is 12.8. The third kappa shape index (κ3) is 6.57. The van der Waals surface area contributed by atoms with Gasteiger partial charge < -0.3 is 21.5 Å². The smallest absolute Gasteiger partial charge is 0.294 e. The molecule has 1 aromatic rings. The normalized spacial score (nSPS) is 19.6. The van der Waals surface area contributed by atoms with Gasteiger partial charge in [0, 0.05) is 50.3 Å². The Kier molecular flexibility index (Phi) is 9.05. The van der Waals surface area contributed by atoms with E-state index >= 15 is 0 Å². The van der Waals surface area contributed by atoms with Crippen molar-refractivity contribution in [2.24, 2.45) is 0 Å². The largest absolute Gasteiger partial charge is 0.805 e. The number of amides is 1. The van der Waals surface area contributed by atoms with Gasteiger partial charge >= 0.3 is 0 Å². The van der Waals surface area contributed by atoms with Crippen LogP contribution in [0.5, 0.6) is 0 Å². The summed E-state index contributed by atoms with van der Waals surface area (Å²) in [7, 11) is 0. The van der Waals surface area contributed by atoms with Crippen LogP contribution in [0.1, 0.15) is 45.6 Å². The first-order valence-corrected chi connectivity index (χ1v) is 12.0. The first-order chi connectivity index (χ1) is 16.3. The van der Waals surface area contributed by atoms with Crippen molar-refractivity contribution in [1.29, 1.82) is 5.41 Å². The van der Waals surface area contributed by atoms with Crippen LogP contribution in [-0.4, -0.2) is 94.3 Å². The first-order valence-electron chi connectivity index (χ1n) is 12.0. The van der Waals surface area contributed by atoms with Crippen molar-refractivity contribution in [1.82, 2.24) is 24.7 Å². The number of piperazine rings is 1. The summed E-state index contributed by atoms with van der Waals surface area (Å²) in [6, 6.07) is -0.269. The number of anilines is 1. The molecule has 0 aliphatic carbocycles. The molecule has 11 nitrogen and oxygen atoms in total. The Morgan fingerprint density at radius 1 is 1.26 bits per heavy atom. The lowest BCUT2D eigenvalue weighted by Crippen LogP contribution is -2.56. The molecule has 3 N–H and O–H groups in total. The van der Waals surface area contributed by atoms with E-state index < -0.39 is 17.5 Å². The molecule has 2 atom stereocenters. The SMILES string of the molecule is CCC(C(=O)NCC(=O)CN1CCN2CCCCC2C1)n1ccnc(NCC(=[N-])C(C)=N)c1=O. The minimum Gasteiger partial charge on any atom is -0.805 e. The number of nitrogens with zero attached hydrogens (tertiary/aromatic N) is 5. The van der Waals surface area contributed by atoms with Crippen molar-refractivity contribution in [3.63, 3.8) is 0 Å². The molecule has 11 heteroatoms. The molecule has 1 aromatic heterocycles. The third-order valence-corrected chi connectivity index (χ3v) is 6.53. The lowest BCUT2D eigenvalue weighted by Gasteiger charge is -2.43. The second-order valence-electron chi connectivity index (χ2n) is 9.01. The molecule has 2 unspecified atom stereocenters. The second-order valence-corrected chi connectivity index (χ2v) is 9.01. The monoisotopic (exact) mass is 471 g/mol. The highest BCUT2D eigenvalue weighted by molar-refractivity contribution is 6.42. The van der Waals surface area contributed by atoms with E-state index in [-0.39, 0.29) is 36.1 Å². The van der Waals surface area contributed by atoms with Gasteiger partial charge in [0.2, 0.25) is 5.91 Å². The highest BCUT2D eigenvalue weighted by Crippen LogP contribution is 2.20. The van der Waals surface area contributed by atoms with Crippen LogP contribution in [-0.2, 0) is 9.59 Å². The van der Waals surface area contributed by atoms with Gasteiger partial charge in [-0.15, -0.1) is 5.71 Å². The number of aromatic nitrogens is 2. The average molecular weight is 472 g/mol. The van der Waals surface area contributed by atoms with E-state index in [0.29, 0.717) is 19.0 Å². The number of Topliss-reactive ketones (excluding diaryl/α,β-unsaturated/α-hetero) is 1. The van der Waals surface area contributed by atoms with Crippen LogP contribution in [0.15, 0.2) is 17.2 Å². The number of hydrogen-bond donors (Lipinski definition) is 3. The zero-order valence-corrected chi connectivity index (χ0v) is 20.0. The first kappa shape index (κ1) is 25.7. The number of piperidine rings is 1. The van der Waals surface area contributed by atoms with Crippen molar-refractivity contribution in [3.8, 4) is 0 Å². The molecule has 1 amide bonds. The van der Waals surface area contributed by atoms with Crippen molar-refractivity contribution in [2.45, 2.75) is 51.6 Å². The molecule has 2 fully saturated rings. The Labute approximate surface area is 199 Å². The van der Waals surface area contributed by atoms with Crippen LogP contribution in [0.4, 0.5) is 5.82 Å². The fourth-order valence-electron chi connectivity index (χ4n) is 4.57. The molecule has 0 spiro atoms. The standard InChI is InChI=1S/C23H35N8O3/c1-3-20(31-9-7-26-21(23(31)34)27-13-19(25)16(2)24)22(33)28-12-18(32)15-29-10-11-30-8-5-4-6-17(30)14-29/h7,9,17,20,24H,3-6,8,10-15H2,1-2H3,(H,26,27)(H,28,33)/q-1. The molecule has 0 radical (unpaired) electrons. The van der Waals surface area contributed by atoms with Crippen molar-refractivity contribution < 1.29 is 9.59 Å². The molecule has 186 valence electrons. The summed E-state index contributed by atoms with van der Waals surface area (Å²) >= 11 is 0. The van der Waals surface area contributed by atoms with E-state index in [1.807, 2.05) is 0 Å². The summed E-state index contributed by atoms with van der Waals surface area (Å²) in [6.45, 7) is 7.23. The minimum atomic E-state index is -0.795. The van der Waals surface area contributed by atoms with E-state index in [9.17, 15) is 19.8 Å². The lowest BCUT2D eigenvalue weighted by atomic mass is 9.99. The zero-order valence-electron chi connectivity index (χ0n) is 20.0. The summed E-state index contributed by atoms with van der Waals surface area (Å²) in [6.07, 6.45) is 6.84. The average Bonchev–Trinajstić information content (AvgIpc) is 2.83. The lowest BCUT2D eigenvalue weighted by molar-refractivity contribution is -0.128. The summed E-state index contributed by atoms with van der Waals surface area (Å²) in [4.78, 5) is 46.8. The predicted octanol–water partition coefficient (Wildman–Crippen LogP) is 0.512. The molecule has 34 heavy (non-hydrogen) atoms. The fourth-order valence-corrected chi connectivity index (χ4v) is 4.57. The van der Waals surface area contributed by atoms with Gasteiger partial charge in [0.05, 0.1) is 13.1 Å². The Morgan fingerprint density at radius 3 is 2.79 bits per heavy atom. The van der Waals surface area contributed by atoms with Crippen LogP contribution < -0.4 is 16.2 Å². The topological polar surface area (TPSA) is 146 Å². The highest BCUT2D eigenvalue weighted by atomic mass is 16.2. The Morgan fingerprint density at radius 2 is 2.06 bits per heavy atom. The molecular formula is C23H35N8O3-. The van der Waals surface area contributed by atoms with Gasteiger partial charge in [0.25, 0.3) is 5.56 Å². The molecule has 2 aliphatic rings. The minimum absolute atomic E-state index is 0.0140. The quantitative estimate of drug-likeness (QED) is 0.399. The molecule has 0 bridgehead atoms. The van der Waals surface area contributed by atoms with Crippen molar-refractivity contribution in [2.75, 3.05) is 51.1 Å². The zero-order chi connectivity index (χ0) is 24.7. The highest BCUT2D eigenvalue weighted by Gasteiger charge is 2.29. The molecule has 2 aliphatic heterocycles. The van der Waals surface area contributed by atoms with E-state index in [1.54, 1.807) is 6.92 Å². The van der Waals surface area contributed by atoms with Gasteiger partial charge in [-0.2, -0.15) is 0 Å². The van der Waals surface area contributed by atoms with Crippen LogP contribution >= 0.6 is 0 Å². The Hall–Kier alpha value is -2.92. The van der Waals surface area contributed by atoms with Gasteiger partial charge in [0.15, 0.2) is 11.6 Å². The third-order valence-electron chi connectivity index (χ3n) is 6.53. The Bertz CT molecular complexity index is 975. The van der Waals surface area contributed by atoms with Crippen LogP contribution in [0.25, 0.3) is 5.41 Å². The summed E-state index contributed by atoms with van der Waals surface area (Å²) in [5.41, 5.74) is -0.735. The molecule has 3 rings (SSSR count). The number of carbonyl (C=O) groups excluding carboxylic acids is 2. The molecule has 0 aromatic carbocycles. The Balaban J connectivity index is 1.53. The maximum Gasteiger partial charge on any atom is 0.294 e.